The number of amides is 2. The Hall–Kier alpha value is -2.62. The van der Waals surface area contributed by atoms with E-state index in [4.69, 9.17) is 0 Å². The third kappa shape index (κ3) is 5.68. The molecule has 0 atom stereocenters. The summed E-state index contributed by atoms with van der Waals surface area (Å²) in [6.45, 7) is 12.7. The summed E-state index contributed by atoms with van der Waals surface area (Å²) >= 11 is 0. The molecule has 2 aromatic carbocycles. The largest absolute Gasteiger partial charge is 0.352 e. The highest BCUT2D eigenvalue weighted by Gasteiger charge is 2.14. The highest BCUT2D eigenvalue weighted by Crippen LogP contribution is 2.23. The lowest BCUT2D eigenvalue weighted by atomic mass is 9.87. The van der Waals surface area contributed by atoms with Gasteiger partial charge in [0.25, 0.3) is 5.91 Å². The van der Waals surface area contributed by atoms with Crippen molar-refractivity contribution >= 4 is 17.5 Å². The zero-order valence-electron chi connectivity index (χ0n) is 17.2. The molecule has 0 radical (unpaired) electrons. The Kier molecular flexibility index (Phi) is 6.42. The molecule has 0 fully saturated rings. The van der Waals surface area contributed by atoms with E-state index in [-0.39, 0.29) is 23.7 Å². The molecule has 2 amide bonds. The maximum atomic E-state index is 12.2. The van der Waals surface area contributed by atoms with Crippen LogP contribution in [0.15, 0.2) is 36.4 Å². The van der Waals surface area contributed by atoms with Gasteiger partial charge in [-0.3, -0.25) is 9.59 Å². The number of carbonyl (C=O) groups is 2. The smallest absolute Gasteiger partial charge is 0.251 e. The second kappa shape index (κ2) is 8.38. The van der Waals surface area contributed by atoms with Crippen molar-refractivity contribution in [3.8, 4) is 0 Å². The second-order valence-electron chi connectivity index (χ2n) is 8.16. The topological polar surface area (TPSA) is 58.2 Å². The van der Waals surface area contributed by atoms with Crippen LogP contribution in [0.1, 0.15) is 59.8 Å². The summed E-state index contributed by atoms with van der Waals surface area (Å²) in [5.41, 5.74) is 5.96. The molecule has 2 N–H and O–H groups in total. The predicted molar refractivity (Wildman–Crippen MR) is 111 cm³/mol. The van der Waals surface area contributed by atoms with E-state index in [0.29, 0.717) is 12.1 Å². The fourth-order valence-corrected chi connectivity index (χ4v) is 3.09. The minimum Gasteiger partial charge on any atom is -0.352 e. The van der Waals surface area contributed by atoms with Crippen molar-refractivity contribution in [2.45, 2.75) is 53.4 Å². The van der Waals surface area contributed by atoms with Crippen molar-refractivity contribution in [1.82, 2.24) is 5.32 Å². The van der Waals surface area contributed by atoms with E-state index in [1.165, 1.54) is 11.1 Å². The Morgan fingerprint density at radius 1 is 0.926 bits per heavy atom. The summed E-state index contributed by atoms with van der Waals surface area (Å²) in [4.78, 5) is 24.5. The van der Waals surface area contributed by atoms with E-state index in [2.05, 4.69) is 31.4 Å². The van der Waals surface area contributed by atoms with Crippen LogP contribution in [0.3, 0.4) is 0 Å². The van der Waals surface area contributed by atoms with Crippen molar-refractivity contribution in [2.75, 3.05) is 11.9 Å². The zero-order chi connectivity index (χ0) is 20.2. The van der Waals surface area contributed by atoms with Gasteiger partial charge in [0.15, 0.2) is 0 Å². The number of aryl methyl sites for hydroxylation is 3. The standard InChI is InChI=1S/C23H30N2O2/c1-15-13-16(2)21(17(3)14-15)25-20(26)11-12-24-22(27)18-7-9-19(10-8-18)23(4,5)6/h7-10,13-14H,11-12H2,1-6H3,(H,24,27)(H,25,26). The van der Waals surface area contributed by atoms with E-state index >= 15 is 0 Å². The molecular formula is C23H30N2O2. The first-order valence-corrected chi connectivity index (χ1v) is 9.34. The van der Waals surface area contributed by atoms with Crippen LogP contribution in [-0.4, -0.2) is 18.4 Å². The van der Waals surface area contributed by atoms with Gasteiger partial charge >= 0.3 is 0 Å². The minimum absolute atomic E-state index is 0.0549. The average molecular weight is 367 g/mol. The maximum absolute atomic E-state index is 12.2. The lowest BCUT2D eigenvalue weighted by Crippen LogP contribution is -2.28. The van der Waals surface area contributed by atoms with Crippen LogP contribution in [-0.2, 0) is 10.2 Å². The van der Waals surface area contributed by atoms with Crippen molar-refractivity contribution in [2.24, 2.45) is 0 Å². The number of benzene rings is 2. The van der Waals surface area contributed by atoms with E-state index in [1.807, 2.05) is 57.2 Å². The molecule has 0 spiro atoms. The fraction of sp³-hybridized carbons (Fsp3) is 0.391. The Morgan fingerprint density at radius 2 is 1.48 bits per heavy atom. The first-order valence-electron chi connectivity index (χ1n) is 9.34. The Balaban J connectivity index is 1.87. The van der Waals surface area contributed by atoms with Crippen molar-refractivity contribution < 1.29 is 9.59 Å². The molecule has 0 heterocycles. The summed E-state index contributed by atoms with van der Waals surface area (Å²) in [5.74, 6) is -0.264. The fourth-order valence-electron chi connectivity index (χ4n) is 3.09. The number of rotatable bonds is 5. The maximum Gasteiger partial charge on any atom is 0.251 e. The van der Waals surface area contributed by atoms with Gasteiger partial charge in [-0.25, -0.2) is 0 Å². The third-order valence-corrected chi connectivity index (χ3v) is 4.59. The van der Waals surface area contributed by atoms with Crippen LogP contribution < -0.4 is 10.6 Å². The Morgan fingerprint density at radius 3 is 2.00 bits per heavy atom. The van der Waals surface area contributed by atoms with Crippen molar-refractivity contribution in [1.29, 1.82) is 0 Å². The summed E-state index contributed by atoms with van der Waals surface area (Å²) in [6, 6.07) is 11.7. The summed E-state index contributed by atoms with van der Waals surface area (Å²) in [7, 11) is 0. The summed E-state index contributed by atoms with van der Waals surface area (Å²) in [6.07, 6.45) is 0.235. The molecule has 0 aliphatic carbocycles. The SMILES string of the molecule is Cc1cc(C)c(NC(=O)CCNC(=O)c2ccc(C(C)(C)C)cc2)c(C)c1. The highest BCUT2D eigenvalue weighted by atomic mass is 16.2. The first-order chi connectivity index (χ1) is 12.6. The molecule has 4 heteroatoms. The molecule has 0 saturated heterocycles. The molecular weight excluding hydrogens is 336 g/mol. The molecule has 2 aromatic rings. The molecule has 0 bridgehead atoms. The summed E-state index contributed by atoms with van der Waals surface area (Å²) in [5, 5.41) is 5.77. The van der Waals surface area contributed by atoms with E-state index in [0.717, 1.165) is 16.8 Å². The van der Waals surface area contributed by atoms with Gasteiger partial charge in [-0.1, -0.05) is 50.6 Å². The Bertz CT molecular complexity index is 807. The molecule has 4 nitrogen and oxygen atoms in total. The van der Waals surface area contributed by atoms with E-state index in [1.54, 1.807) is 0 Å². The van der Waals surface area contributed by atoms with Crippen LogP contribution in [0.2, 0.25) is 0 Å². The van der Waals surface area contributed by atoms with Gasteiger partial charge in [0.1, 0.15) is 0 Å². The van der Waals surface area contributed by atoms with Gasteiger partial charge in [-0.05, 0) is 55.0 Å². The van der Waals surface area contributed by atoms with Crippen molar-refractivity contribution in [3.05, 3.63) is 64.2 Å². The van der Waals surface area contributed by atoms with Gasteiger partial charge < -0.3 is 10.6 Å². The number of hydrogen-bond donors (Lipinski definition) is 2. The van der Waals surface area contributed by atoms with Gasteiger partial charge in [-0.15, -0.1) is 0 Å². The predicted octanol–water partition coefficient (Wildman–Crippen LogP) is 4.67. The van der Waals surface area contributed by atoms with Crippen LogP contribution in [0.25, 0.3) is 0 Å². The molecule has 27 heavy (non-hydrogen) atoms. The quantitative estimate of drug-likeness (QED) is 0.808. The monoisotopic (exact) mass is 366 g/mol. The highest BCUT2D eigenvalue weighted by molar-refractivity contribution is 5.95. The van der Waals surface area contributed by atoms with Gasteiger partial charge in [0.05, 0.1) is 0 Å². The summed E-state index contributed by atoms with van der Waals surface area (Å²) < 4.78 is 0. The minimum atomic E-state index is -0.161. The Labute approximate surface area is 162 Å². The normalized spacial score (nSPS) is 11.2. The van der Waals surface area contributed by atoms with Gasteiger partial charge in [0, 0.05) is 24.2 Å². The molecule has 0 aromatic heterocycles. The molecule has 144 valence electrons. The van der Waals surface area contributed by atoms with Gasteiger partial charge in [-0.2, -0.15) is 0 Å². The first kappa shape index (κ1) is 20.7. The van der Waals surface area contributed by atoms with E-state index < -0.39 is 0 Å². The van der Waals surface area contributed by atoms with E-state index in [9.17, 15) is 9.59 Å². The van der Waals surface area contributed by atoms with Crippen LogP contribution in [0.5, 0.6) is 0 Å². The molecule has 0 saturated carbocycles. The number of hydrogen-bond acceptors (Lipinski definition) is 2. The van der Waals surface area contributed by atoms with Gasteiger partial charge in [0.2, 0.25) is 5.91 Å². The molecule has 0 aliphatic rings. The second-order valence-corrected chi connectivity index (χ2v) is 8.16. The number of anilines is 1. The number of nitrogens with one attached hydrogen (secondary N) is 2. The lowest BCUT2D eigenvalue weighted by Gasteiger charge is -2.19. The van der Waals surface area contributed by atoms with Crippen LogP contribution in [0, 0.1) is 20.8 Å². The molecule has 0 aliphatic heterocycles. The van der Waals surface area contributed by atoms with Crippen molar-refractivity contribution in [3.63, 3.8) is 0 Å². The molecule has 2 rings (SSSR count). The molecule has 0 unspecified atom stereocenters. The average Bonchev–Trinajstić information content (AvgIpc) is 2.57. The van der Waals surface area contributed by atoms with Crippen LogP contribution in [0.4, 0.5) is 5.69 Å². The lowest BCUT2D eigenvalue weighted by molar-refractivity contribution is -0.116. The third-order valence-electron chi connectivity index (χ3n) is 4.59. The number of carbonyl (C=O) groups excluding carboxylic acids is 2. The zero-order valence-corrected chi connectivity index (χ0v) is 17.2. The van der Waals surface area contributed by atoms with Crippen LogP contribution >= 0.6 is 0 Å².